The minimum Gasteiger partial charge on any atom is -0.328 e. The van der Waals surface area contributed by atoms with E-state index in [1.807, 2.05) is 0 Å². The minimum atomic E-state index is 0.0804. The summed E-state index contributed by atoms with van der Waals surface area (Å²) in [5.74, 6) is 1.02. The fourth-order valence-corrected chi connectivity index (χ4v) is 4.24. The summed E-state index contributed by atoms with van der Waals surface area (Å²) in [5.41, 5.74) is 0.0804. The van der Waals surface area contributed by atoms with Gasteiger partial charge in [-0.15, -0.1) is 0 Å². The third kappa shape index (κ3) is 1.36. The SMILES string of the molecule is CCCC12C[NH+]3CC[NH+](CC(C3)C1=O)C2. The third-order valence-electron chi connectivity index (χ3n) is 4.70. The average Bonchev–Trinajstić information content (AvgIpc) is 2.43. The molecule has 4 saturated heterocycles. The molecule has 4 fully saturated rings. The highest BCUT2D eigenvalue weighted by Crippen LogP contribution is 2.30. The topological polar surface area (TPSA) is 26.0 Å². The molecule has 0 aromatic rings. The molecular formula is C12H22N2O+2. The van der Waals surface area contributed by atoms with Gasteiger partial charge in [0.05, 0.1) is 26.2 Å². The van der Waals surface area contributed by atoms with Crippen molar-refractivity contribution in [3.05, 3.63) is 0 Å². The number of quaternary nitrogens is 2. The maximum Gasteiger partial charge on any atom is 0.164 e. The molecule has 0 aromatic carbocycles. The largest absolute Gasteiger partial charge is 0.328 e. The van der Waals surface area contributed by atoms with Gasteiger partial charge in [-0.3, -0.25) is 4.79 Å². The van der Waals surface area contributed by atoms with E-state index in [-0.39, 0.29) is 5.41 Å². The molecule has 2 atom stereocenters. The van der Waals surface area contributed by atoms with Crippen molar-refractivity contribution in [2.24, 2.45) is 11.3 Å². The molecule has 4 aliphatic heterocycles. The summed E-state index contributed by atoms with van der Waals surface area (Å²) in [5, 5.41) is 0. The van der Waals surface area contributed by atoms with Crippen LogP contribution in [0, 0.1) is 11.3 Å². The van der Waals surface area contributed by atoms with Crippen molar-refractivity contribution in [1.82, 2.24) is 0 Å². The Kier molecular flexibility index (Phi) is 2.15. The third-order valence-corrected chi connectivity index (χ3v) is 4.70. The summed E-state index contributed by atoms with van der Waals surface area (Å²) in [6, 6.07) is 0. The van der Waals surface area contributed by atoms with Crippen LogP contribution in [0.5, 0.6) is 0 Å². The van der Waals surface area contributed by atoms with Crippen LogP contribution in [0.15, 0.2) is 0 Å². The number of hydrogen-bond acceptors (Lipinski definition) is 1. The Bertz CT molecular complexity index is 273. The zero-order valence-corrected chi connectivity index (χ0v) is 9.64. The summed E-state index contributed by atoms with van der Waals surface area (Å²) in [6.07, 6.45) is 2.30. The van der Waals surface area contributed by atoms with Crippen LogP contribution in [-0.2, 0) is 4.79 Å². The van der Waals surface area contributed by atoms with Crippen molar-refractivity contribution in [2.45, 2.75) is 19.8 Å². The Balaban J connectivity index is 1.96. The second-order valence-corrected chi connectivity index (χ2v) is 5.85. The van der Waals surface area contributed by atoms with Gasteiger partial charge in [-0.1, -0.05) is 13.3 Å². The minimum absolute atomic E-state index is 0.0804. The van der Waals surface area contributed by atoms with Crippen LogP contribution in [0.4, 0.5) is 0 Å². The number of rotatable bonds is 2. The van der Waals surface area contributed by atoms with Crippen LogP contribution in [0.2, 0.25) is 0 Å². The zero-order valence-electron chi connectivity index (χ0n) is 9.64. The predicted molar refractivity (Wildman–Crippen MR) is 57.0 cm³/mol. The summed E-state index contributed by atoms with van der Waals surface area (Å²) in [7, 11) is 0. The Labute approximate surface area is 91.4 Å². The highest BCUT2D eigenvalue weighted by atomic mass is 16.1. The molecule has 4 aliphatic rings. The molecule has 4 rings (SSSR count). The molecule has 0 aliphatic carbocycles. The van der Waals surface area contributed by atoms with Crippen LogP contribution in [0.1, 0.15) is 19.8 Å². The molecule has 2 unspecified atom stereocenters. The fourth-order valence-electron chi connectivity index (χ4n) is 4.24. The van der Waals surface area contributed by atoms with Crippen molar-refractivity contribution in [1.29, 1.82) is 0 Å². The van der Waals surface area contributed by atoms with E-state index < -0.39 is 0 Å². The van der Waals surface area contributed by atoms with Crippen LogP contribution >= 0.6 is 0 Å². The normalized spacial score (nSPS) is 48.3. The molecular weight excluding hydrogens is 188 g/mol. The van der Waals surface area contributed by atoms with E-state index in [0.29, 0.717) is 11.7 Å². The van der Waals surface area contributed by atoms with Crippen molar-refractivity contribution < 1.29 is 14.6 Å². The van der Waals surface area contributed by atoms with Crippen LogP contribution in [0.25, 0.3) is 0 Å². The summed E-state index contributed by atoms with van der Waals surface area (Å²) in [4.78, 5) is 15.8. The molecule has 0 radical (unpaired) electrons. The molecule has 0 spiro atoms. The van der Waals surface area contributed by atoms with Gasteiger partial charge < -0.3 is 9.80 Å². The molecule has 3 heteroatoms. The number of fused-ring (bicyclic) bond motifs is 1. The number of Topliss-reactive ketones (excluding diaryl/α,β-unsaturated/α-hetero) is 1. The van der Waals surface area contributed by atoms with E-state index in [4.69, 9.17) is 0 Å². The number of ketones is 1. The summed E-state index contributed by atoms with van der Waals surface area (Å²) in [6.45, 7) is 9.35. The second-order valence-electron chi connectivity index (χ2n) is 5.85. The van der Waals surface area contributed by atoms with E-state index in [9.17, 15) is 4.79 Å². The molecule has 0 saturated carbocycles. The van der Waals surface area contributed by atoms with E-state index in [0.717, 1.165) is 32.6 Å². The Morgan fingerprint density at radius 3 is 2.40 bits per heavy atom. The molecule has 0 amide bonds. The smallest absolute Gasteiger partial charge is 0.164 e. The first-order valence-electron chi connectivity index (χ1n) is 6.45. The monoisotopic (exact) mass is 210 g/mol. The quantitative estimate of drug-likeness (QED) is 0.530. The number of carbonyl (C=O) groups is 1. The van der Waals surface area contributed by atoms with Gasteiger partial charge in [0.1, 0.15) is 24.4 Å². The molecule has 15 heavy (non-hydrogen) atoms. The van der Waals surface area contributed by atoms with Gasteiger partial charge in [0.15, 0.2) is 5.78 Å². The Morgan fingerprint density at radius 1 is 1.27 bits per heavy atom. The lowest BCUT2D eigenvalue weighted by atomic mass is 9.69. The lowest BCUT2D eigenvalue weighted by molar-refractivity contribution is -0.918. The van der Waals surface area contributed by atoms with Gasteiger partial charge in [0.25, 0.3) is 0 Å². The molecule has 84 valence electrons. The van der Waals surface area contributed by atoms with Gasteiger partial charge in [0.2, 0.25) is 0 Å². The number of nitrogens with one attached hydrogen (secondary N) is 2. The lowest BCUT2D eigenvalue weighted by Gasteiger charge is -2.43. The molecule has 3 nitrogen and oxygen atoms in total. The van der Waals surface area contributed by atoms with Crippen molar-refractivity contribution in [2.75, 3.05) is 39.3 Å². The number of carbonyl (C=O) groups excluding carboxylic acids is 1. The van der Waals surface area contributed by atoms with Crippen LogP contribution in [0.3, 0.4) is 0 Å². The Hall–Kier alpha value is -0.410. The number of hydrogen-bond donors (Lipinski definition) is 2. The van der Waals surface area contributed by atoms with Crippen molar-refractivity contribution in [3.8, 4) is 0 Å². The fraction of sp³-hybridized carbons (Fsp3) is 0.917. The van der Waals surface area contributed by atoms with E-state index in [1.54, 1.807) is 9.80 Å². The van der Waals surface area contributed by atoms with Crippen LogP contribution in [-0.4, -0.2) is 45.1 Å². The summed E-state index contributed by atoms with van der Waals surface area (Å²) >= 11 is 0. The molecule has 4 heterocycles. The van der Waals surface area contributed by atoms with Gasteiger partial charge in [-0.25, -0.2) is 0 Å². The van der Waals surface area contributed by atoms with Gasteiger partial charge >= 0.3 is 0 Å². The molecule has 2 N–H and O–H groups in total. The first-order valence-corrected chi connectivity index (χ1v) is 6.45. The zero-order chi connectivity index (χ0) is 10.5. The molecule has 0 aromatic heterocycles. The second kappa shape index (κ2) is 3.29. The first-order chi connectivity index (χ1) is 7.23. The maximum absolute atomic E-state index is 12.4. The predicted octanol–water partition coefficient (Wildman–Crippen LogP) is -2.23. The lowest BCUT2D eigenvalue weighted by Crippen LogP contribution is -3.17. The average molecular weight is 210 g/mol. The standard InChI is InChI=1S/C12H20N2O/c1-2-3-12-8-13-4-5-14(9-12)7-10(6-13)11(12)15/h10H,2-9H2,1H3/p+2. The summed E-state index contributed by atoms with van der Waals surface area (Å²) < 4.78 is 0. The molecule has 4 bridgehead atoms. The number of piperidine rings is 2. The highest BCUT2D eigenvalue weighted by Gasteiger charge is 2.58. The van der Waals surface area contributed by atoms with Crippen molar-refractivity contribution in [3.63, 3.8) is 0 Å². The van der Waals surface area contributed by atoms with E-state index >= 15 is 0 Å². The first kappa shape index (κ1) is 9.79. The van der Waals surface area contributed by atoms with Gasteiger partial charge in [0, 0.05) is 0 Å². The Morgan fingerprint density at radius 2 is 1.87 bits per heavy atom. The van der Waals surface area contributed by atoms with Crippen LogP contribution < -0.4 is 9.80 Å². The van der Waals surface area contributed by atoms with Gasteiger partial charge in [-0.2, -0.15) is 0 Å². The van der Waals surface area contributed by atoms with Gasteiger partial charge in [-0.05, 0) is 6.42 Å². The van der Waals surface area contributed by atoms with E-state index in [1.165, 1.54) is 19.5 Å². The van der Waals surface area contributed by atoms with Crippen molar-refractivity contribution >= 4 is 5.78 Å². The highest BCUT2D eigenvalue weighted by molar-refractivity contribution is 5.88. The maximum atomic E-state index is 12.4. The van der Waals surface area contributed by atoms with E-state index in [2.05, 4.69) is 6.92 Å².